The largest absolute Gasteiger partial charge is 0.467 e. The molecule has 82 valence electrons. The summed E-state index contributed by atoms with van der Waals surface area (Å²) in [5.41, 5.74) is 0.652. The average Bonchev–Trinajstić information content (AvgIpc) is 2.20. The van der Waals surface area contributed by atoms with Crippen molar-refractivity contribution in [3.05, 3.63) is 33.8 Å². The molecule has 0 aliphatic heterocycles. The summed E-state index contributed by atoms with van der Waals surface area (Å²) in [6.07, 6.45) is -1.09. The normalized spacial score (nSPS) is 12.3. The number of halogens is 2. The molecule has 0 radical (unpaired) electrons. The Morgan fingerprint density at radius 2 is 2.20 bits per heavy atom. The van der Waals surface area contributed by atoms with Crippen LogP contribution in [0.3, 0.4) is 0 Å². The van der Waals surface area contributed by atoms with Gasteiger partial charge in [-0.2, -0.15) is 0 Å². The highest BCUT2D eigenvalue weighted by molar-refractivity contribution is 6.35. The molecule has 15 heavy (non-hydrogen) atoms. The molecule has 0 saturated carbocycles. The molecule has 0 fully saturated rings. The minimum absolute atomic E-state index is 0.114. The van der Waals surface area contributed by atoms with E-state index in [4.69, 9.17) is 23.2 Å². The first-order chi connectivity index (χ1) is 7.04. The first kappa shape index (κ1) is 12.3. The monoisotopic (exact) mass is 248 g/mol. The Labute approximate surface area is 97.6 Å². The van der Waals surface area contributed by atoms with E-state index in [-0.39, 0.29) is 6.42 Å². The second-order valence-electron chi connectivity index (χ2n) is 2.98. The van der Waals surface area contributed by atoms with Crippen molar-refractivity contribution in [1.82, 2.24) is 0 Å². The number of hydrogen-bond acceptors (Lipinski definition) is 3. The van der Waals surface area contributed by atoms with Crippen LogP contribution in [0.4, 0.5) is 0 Å². The van der Waals surface area contributed by atoms with Crippen LogP contribution in [0.25, 0.3) is 0 Å². The molecular formula is C10H10Cl2O3. The Hall–Kier alpha value is -0.770. The molecule has 5 heteroatoms. The van der Waals surface area contributed by atoms with Crippen molar-refractivity contribution in [3.63, 3.8) is 0 Å². The van der Waals surface area contributed by atoms with Gasteiger partial charge in [0, 0.05) is 16.5 Å². The van der Waals surface area contributed by atoms with Crippen molar-refractivity contribution in [2.75, 3.05) is 7.11 Å². The fourth-order valence-electron chi connectivity index (χ4n) is 1.11. The maximum Gasteiger partial charge on any atom is 0.335 e. The van der Waals surface area contributed by atoms with Crippen LogP contribution in [-0.4, -0.2) is 24.3 Å². The van der Waals surface area contributed by atoms with E-state index in [2.05, 4.69) is 4.74 Å². The van der Waals surface area contributed by atoms with Gasteiger partial charge in [-0.3, -0.25) is 0 Å². The Balaban J connectivity index is 2.76. The SMILES string of the molecule is COC(=O)[C@@H](O)Cc1ccc(Cl)cc1Cl. The van der Waals surface area contributed by atoms with Gasteiger partial charge in [0.2, 0.25) is 0 Å². The maximum atomic E-state index is 11.0. The fourth-order valence-corrected chi connectivity index (χ4v) is 1.60. The van der Waals surface area contributed by atoms with Gasteiger partial charge in [-0.1, -0.05) is 29.3 Å². The highest BCUT2D eigenvalue weighted by Gasteiger charge is 2.17. The molecular weight excluding hydrogens is 239 g/mol. The Morgan fingerprint density at radius 1 is 1.53 bits per heavy atom. The van der Waals surface area contributed by atoms with Gasteiger partial charge < -0.3 is 9.84 Å². The third kappa shape index (κ3) is 3.38. The van der Waals surface area contributed by atoms with Crippen LogP contribution in [0, 0.1) is 0 Å². The molecule has 0 amide bonds. The van der Waals surface area contributed by atoms with Gasteiger partial charge in [0.15, 0.2) is 6.10 Å². The zero-order chi connectivity index (χ0) is 11.4. The van der Waals surface area contributed by atoms with Crippen LogP contribution < -0.4 is 0 Å². The average molecular weight is 249 g/mol. The highest BCUT2D eigenvalue weighted by atomic mass is 35.5. The predicted molar refractivity (Wildman–Crippen MR) is 58.2 cm³/mol. The van der Waals surface area contributed by atoms with E-state index in [1.165, 1.54) is 7.11 Å². The van der Waals surface area contributed by atoms with E-state index in [1.807, 2.05) is 0 Å². The van der Waals surface area contributed by atoms with E-state index in [0.29, 0.717) is 15.6 Å². The topological polar surface area (TPSA) is 46.5 Å². The second kappa shape index (κ2) is 5.35. The van der Waals surface area contributed by atoms with Crippen LogP contribution in [0.5, 0.6) is 0 Å². The molecule has 1 N–H and O–H groups in total. The van der Waals surface area contributed by atoms with E-state index < -0.39 is 12.1 Å². The summed E-state index contributed by atoms with van der Waals surface area (Å²) < 4.78 is 4.39. The molecule has 0 bridgehead atoms. The van der Waals surface area contributed by atoms with Gasteiger partial charge in [0.25, 0.3) is 0 Å². The van der Waals surface area contributed by atoms with E-state index >= 15 is 0 Å². The number of esters is 1. The lowest BCUT2D eigenvalue weighted by atomic mass is 10.1. The summed E-state index contributed by atoms with van der Waals surface area (Å²) in [6.45, 7) is 0. The van der Waals surface area contributed by atoms with Gasteiger partial charge in [0.1, 0.15) is 0 Å². The first-order valence-corrected chi connectivity index (χ1v) is 5.00. The quantitative estimate of drug-likeness (QED) is 0.834. The molecule has 3 nitrogen and oxygen atoms in total. The molecule has 0 unspecified atom stereocenters. The van der Waals surface area contributed by atoms with Crippen molar-refractivity contribution in [2.24, 2.45) is 0 Å². The van der Waals surface area contributed by atoms with Crippen LogP contribution >= 0.6 is 23.2 Å². The van der Waals surface area contributed by atoms with E-state index in [1.54, 1.807) is 18.2 Å². The minimum Gasteiger partial charge on any atom is -0.467 e. The van der Waals surface area contributed by atoms with Gasteiger partial charge in [0.05, 0.1) is 7.11 Å². The lowest BCUT2D eigenvalue weighted by Gasteiger charge is -2.09. The standard InChI is InChI=1S/C10H10Cl2O3/c1-15-10(14)9(13)4-6-2-3-7(11)5-8(6)12/h2-3,5,9,13H,4H2,1H3/t9-/m0/s1. The summed E-state index contributed by atoms with van der Waals surface area (Å²) in [5.74, 6) is -0.680. The number of rotatable bonds is 3. The van der Waals surface area contributed by atoms with Crippen molar-refractivity contribution < 1.29 is 14.6 Å². The van der Waals surface area contributed by atoms with Crippen molar-refractivity contribution in [1.29, 1.82) is 0 Å². The smallest absolute Gasteiger partial charge is 0.335 e. The Bertz CT molecular complexity index is 366. The predicted octanol–water partition coefficient (Wildman–Crippen LogP) is 2.07. The van der Waals surface area contributed by atoms with Gasteiger partial charge in [-0.15, -0.1) is 0 Å². The zero-order valence-electron chi connectivity index (χ0n) is 8.04. The summed E-state index contributed by atoms with van der Waals surface area (Å²) in [7, 11) is 1.22. The molecule has 0 spiro atoms. The number of carbonyl (C=O) groups is 1. The van der Waals surface area contributed by atoms with E-state index in [0.717, 1.165) is 0 Å². The molecule has 0 heterocycles. The van der Waals surface area contributed by atoms with Crippen LogP contribution in [0.15, 0.2) is 18.2 Å². The maximum absolute atomic E-state index is 11.0. The summed E-state index contributed by atoms with van der Waals surface area (Å²) in [5, 5.41) is 10.3. The molecule has 0 saturated heterocycles. The summed E-state index contributed by atoms with van der Waals surface area (Å²) >= 11 is 11.6. The van der Waals surface area contributed by atoms with Crippen LogP contribution in [0.2, 0.25) is 10.0 Å². The van der Waals surface area contributed by atoms with Crippen molar-refractivity contribution >= 4 is 29.2 Å². The van der Waals surface area contributed by atoms with Crippen molar-refractivity contribution in [3.8, 4) is 0 Å². The lowest BCUT2D eigenvalue weighted by molar-refractivity contribution is -0.150. The lowest BCUT2D eigenvalue weighted by Crippen LogP contribution is -2.24. The van der Waals surface area contributed by atoms with Crippen LogP contribution in [0.1, 0.15) is 5.56 Å². The molecule has 0 aliphatic rings. The second-order valence-corrected chi connectivity index (χ2v) is 3.82. The van der Waals surface area contributed by atoms with Crippen LogP contribution in [-0.2, 0) is 16.0 Å². The third-order valence-electron chi connectivity index (χ3n) is 1.90. The number of aliphatic hydroxyl groups is 1. The third-order valence-corrected chi connectivity index (χ3v) is 2.49. The number of methoxy groups -OCH3 is 1. The number of benzene rings is 1. The summed E-state index contributed by atoms with van der Waals surface area (Å²) in [6, 6.07) is 4.87. The number of ether oxygens (including phenoxy) is 1. The van der Waals surface area contributed by atoms with Gasteiger partial charge >= 0.3 is 5.97 Å². The summed E-state index contributed by atoms with van der Waals surface area (Å²) in [4.78, 5) is 11.0. The molecule has 1 aromatic rings. The van der Waals surface area contributed by atoms with Crippen molar-refractivity contribution in [2.45, 2.75) is 12.5 Å². The van der Waals surface area contributed by atoms with Gasteiger partial charge in [-0.05, 0) is 17.7 Å². The first-order valence-electron chi connectivity index (χ1n) is 4.24. The van der Waals surface area contributed by atoms with E-state index in [9.17, 15) is 9.90 Å². The minimum atomic E-state index is -1.20. The number of aliphatic hydroxyl groups excluding tert-OH is 1. The molecule has 0 aliphatic carbocycles. The molecule has 1 rings (SSSR count). The number of hydrogen-bond donors (Lipinski definition) is 1. The molecule has 1 atom stereocenters. The Morgan fingerprint density at radius 3 is 2.73 bits per heavy atom. The number of carbonyl (C=O) groups excluding carboxylic acids is 1. The Kier molecular flexibility index (Phi) is 4.39. The fraction of sp³-hybridized carbons (Fsp3) is 0.300. The zero-order valence-corrected chi connectivity index (χ0v) is 9.55. The highest BCUT2D eigenvalue weighted by Crippen LogP contribution is 2.22. The molecule has 1 aromatic carbocycles. The molecule has 0 aromatic heterocycles. The van der Waals surface area contributed by atoms with Gasteiger partial charge in [-0.25, -0.2) is 4.79 Å².